The van der Waals surface area contributed by atoms with Crippen molar-refractivity contribution < 1.29 is 9.32 Å². The first-order chi connectivity index (χ1) is 9.56. The lowest BCUT2D eigenvalue weighted by Crippen LogP contribution is -2.34. The van der Waals surface area contributed by atoms with Crippen LogP contribution >= 0.6 is 0 Å². The predicted octanol–water partition coefficient (Wildman–Crippen LogP) is 1.95. The number of hydrogen-bond donors (Lipinski definition) is 1. The van der Waals surface area contributed by atoms with Crippen molar-refractivity contribution in [3.63, 3.8) is 0 Å². The molecule has 1 N–H and O–H groups in total. The molecule has 0 spiro atoms. The van der Waals surface area contributed by atoms with Crippen LogP contribution in [0.3, 0.4) is 0 Å². The van der Waals surface area contributed by atoms with E-state index in [0.29, 0.717) is 6.42 Å². The van der Waals surface area contributed by atoms with Gasteiger partial charge < -0.3 is 9.84 Å². The number of carbonyl (C=O) groups excluding carboxylic acids is 1. The highest BCUT2D eigenvalue weighted by molar-refractivity contribution is 5.91. The first kappa shape index (κ1) is 14.2. The second-order valence-electron chi connectivity index (χ2n) is 5.05. The molecule has 1 amide bonds. The molecule has 0 bridgehead atoms. The van der Waals surface area contributed by atoms with Crippen molar-refractivity contribution in [2.75, 3.05) is 0 Å². The van der Waals surface area contributed by atoms with E-state index >= 15 is 0 Å². The standard InChI is InChI=1S/C14H18N4O2/c1-9(2)12-7-13(20-18-12)14(19)17-10(3)6-11-8-15-4-5-16-11/h4-5,7-10H,6H2,1-3H3,(H,17,19). The molecule has 6 nitrogen and oxygen atoms in total. The average Bonchev–Trinajstić information content (AvgIpc) is 2.89. The third-order valence-electron chi connectivity index (χ3n) is 2.85. The second kappa shape index (κ2) is 6.27. The van der Waals surface area contributed by atoms with Gasteiger partial charge in [-0.25, -0.2) is 0 Å². The molecule has 2 rings (SSSR count). The van der Waals surface area contributed by atoms with Crippen molar-refractivity contribution in [3.05, 3.63) is 41.8 Å². The molecule has 0 radical (unpaired) electrons. The third kappa shape index (κ3) is 3.63. The number of aromatic nitrogens is 3. The van der Waals surface area contributed by atoms with Crippen LogP contribution in [0.2, 0.25) is 0 Å². The summed E-state index contributed by atoms with van der Waals surface area (Å²) in [4.78, 5) is 20.2. The van der Waals surface area contributed by atoms with Crippen LogP contribution in [0.4, 0.5) is 0 Å². The Hall–Kier alpha value is -2.24. The van der Waals surface area contributed by atoms with Gasteiger partial charge in [0, 0.05) is 37.1 Å². The fourth-order valence-corrected chi connectivity index (χ4v) is 1.76. The Bertz CT molecular complexity index is 566. The van der Waals surface area contributed by atoms with Gasteiger partial charge in [0.25, 0.3) is 5.91 Å². The van der Waals surface area contributed by atoms with Gasteiger partial charge >= 0.3 is 0 Å². The molecule has 0 aliphatic carbocycles. The molecule has 6 heteroatoms. The molecule has 0 aliphatic rings. The second-order valence-corrected chi connectivity index (χ2v) is 5.05. The average molecular weight is 274 g/mol. The van der Waals surface area contributed by atoms with Crippen molar-refractivity contribution in [1.82, 2.24) is 20.4 Å². The van der Waals surface area contributed by atoms with E-state index in [2.05, 4.69) is 20.4 Å². The third-order valence-corrected chi connectivity index (χ3v) is 2.85. The van der Waals surface area contributed by atoms with Gasteiger partial charge in [-0.05, 0) is 12.8 Å². The quantitative estimate of drug-likeness (QED) is 0.901. The molecule has 0 aliphatic heterocycles. The zero-order valence-corrected chi connectivity index (χ0v) is 11.8. The van der Waals surface area contributed by atoms with E-state index in [4.69, 9.17) is 4.52 Å². The lowest BCUT2D eigenvalue weighted by Gasteiger charge is -2.11. The van der Waals surface area contributed by atoms with Crippen LogP contribution in [0.5, 0.6) is 0 Å². The molecule has 0 saturated heterocycles. The van der Waals surface area contributed by atoms with E-state index in [9.17, 15) is 4.79 Å². The molecule has 2 heterocycles. The van der Waals surface area contributed by atoms with Gasteiger partial charge in [0.2, 0.25) is 5.76 Å². The van der Waals surface area contributed by atoms with Crippen molar-refractivity contribution >= 4 is 5.91 Å². The summed E-state index contributed by atoms with van der Waals surface area (Å²) in [6, 6.07) is 1.61. The van der Waals surface area contributed by atoms with Crippen LogP contribution in [0, 0.1) is 0 Å². The van der Waals surface area contributed by atoms with Crippen LogP contribution < -0.4 is 5.32 Å². The number of hydrogen-bond acceptors (Lipinski definition) is 5. The zero-order valence-electron chi connectivity index (χ0n) is 11.8. The number of carbonyl (C=O) groups is 1. The Balaban J connectivity index is 1.93. The zero-order chi connectivity index (χ0) is 14.5. The largest absolute Gasteiger partial charge is 0.351 e. The SMILES string of the molecule is CC(Cc1cnccn1)NC(=O)c1cc(C(C)C)no1. The van der Waals surface area contributed by atoms with E-state index in [1.54, 1.807) is 24.7 Å². The Morgan fingerprint density at radius 3 is 2.75 bits per heavy atom. The smallest absolute Gasteiger partial charge is 0.290 e. The topological polar surface area (TPSA) is 80.9 Å². The van der Waals surface area contributed by atoms with Crippen molar-refractivity contribution in [3.8, 4) is 0 Å². The molecular formula is C14H18N4O2. The Labute approximate surface area is 117 Å². The summed E-state index contributed by atoms with van der Waals surface area (Å²) in [6.45, 7) is 5.90. The predicted molar refractivity (Wildman–Crippen MR) is 73.3 cm³/mol. The molecule has 20 heavy (non-hydrogen) atoms. The molecule has 0 aromatic carbocycles. The number of amides is 1. The fourth-order valence-electron chi connectivity index (χ4n) is 1.76. The van der Waals surface area contributed by atoms with E-state index in [1.165, 1.54) is 0 Å². The summed E-state index contributed by atoms with van der Waals surface area (Å²) in [7, 11) is 0. The summed E-state index contributed by atoms with van der Waals surface area (Å²) >= 11 is 0. The first-order valence-electron chi connectivity index (χ1n) is 6.58. The van der Waals surface area contributed by atoms with Crippen LogP contribution in [0.1, 0.15) is 48.6 Å². The van der Waals surface area contributed by atoms with Gasteiger partial charge in [-0.2, -0.15) is 0 Å². The summed E-state index contributed by atoms with van der Waals surface area (Å²) in [5.74, 6) is 0.206. The number of rotatable bonds is 5. The molecule has 0 fully saturated rings. The maximum Gasteiger partial charge on any atom is 0.290 e. The molecule has 1 unspecified atom stereocenters. The normalized spacial score (nSPS) is 12.4. The van der Waals surface area contributed by atoms with Gasteiger partial charge in [-0.15, -0.1) is 0 Å². The number of nitrogens with zero attached hydrogens (tertiary/aromatic N) is 3. The number of nitrogens with one attached hydrogen (secondary N) is 1. The summed E-state index contributed by atoms with van der Waals surface area (Å²) in [5.41, 5.74) is 1.61. The minimum atomic E-state index is -0.263. The fraction of sp³-hybridized carbons (Fsp3) is 0.429. The van der Waals surface area contributed by atoms with E-state index in [-0.39, 0.29) is 23.6 Å². The highest BCUT2D eigenvalue weighted by atomic mass is 16.5. The minimum absolute atomic E-state index is 0.0631. The van der Waals surface area contributed by atoms with Crippen molar-refractivity contribution in [2.24, 2.45) is 0 Å². The van der Waals surface area contributed by atoms with Gasteiger partial charge in [0.05, 0.1) is 11.4 Å². The van der Waals surface area contributed by atoms with Crippen LogP contribution in [-0.2, 0) is 6.42 Å². The van der Waals surface area contributed by atoms with Crippen molar-refractivity contribution in [1.29, 1.82) is 0 Å². The van der Waals surface area contributed by atoms with Gasteiger partial charge in [0.1, 0.15) is 0 Å². The molecule has 1 atom stereocenters. The highest BCUT2D eigenvalue weighted by Crippen LogP contribution is 2.14. The first-order valence-corrected chi connectivity index (χ1v) is 6.58. The van der Waals surface area contributed by atoms with Crippen LogP contribution in [-0.4, -0.2) is 27.1 Å². The Morgan fingerprint density at radius 2 is 2.15 bits per heavy atom. The lowest BCUT2D eigenvalue weighted by molar-refractivity contribution is 0.0902. The Morgan fingerprint density at radius 1 is 1.35 bits per heavy atom. The molecule has 0 saturated carbocycles. The van der Waals surface area contributed by atoms with Crippen LogP contribution in [0.25, 0.3) is 0 Å². The monoisotopic (exact) mass is 274 g/mol. The van der Waals surface area contributed by atoms with Crippen LogP contribution in [0.15, 0.2) is 29.2 Å². The van der Waals surface area contributed by atoms with Gasteiger partial charge in [-0.1, -0.05) is 19.0 Å². The summed E-state index contributed by atoms with van der Waals surface area (Å²) < 4.78 is 5.05. The van der Waals surface area contributed by atoms with E-state index in [1.807, 2.05) is 20.8 Å². The van der Waals surface area contributed by atoms with E-state index in [0.717, 1.165) is 11.4 Å². The Kier molecular flexibility index (Phi) is 4.45. The molecule has 2 aromatic rings. The maximum absolute atomic E-state index is 12.0. The van der Waals surface area contributed by atoms with Crippen molar-refractivity contribution in [2.45, 2.75) is 39.2 Å². The summed E-state index contributed by atoms with van der Waals surface area (Å²) in [6.07, 6.45) is 5.56. The highest BCUT2D eigenvalue weighted by Gasteiger charge is 2.17. The minimum Gasteiger partial charge on any atom is -0.351 e. The molecule has 106 valence electrons. The summed E-state index contributed by atoms with van der Waals surface area (Å²) in [5, 5.41) is 6.73. The molecular weight excluding hydrogens is 256 g/mol. The van der Waals surface area contributed by atoms with Gasteiger partial charge in [-0.3, -0.25) is 14.8 Å². The van der Waals surface area contributed by atoms with Gasteiger partial charge in [0.15, 0.2) is 0 Å². The lowest BCUT2D eigenvalue weighted by atomic mass is 10.1. The molecule has 2 aromatic heterocycles. The van der Waals surface area contributed by atoms with E-state index < -0.39 is 0 Å². The maximum atomic E-state index is 12.0.